The Hall–Kier alpha value is -1.89. The first-order chi connectivity index (χ1) is 9.52. The lowest BCUT2D eigenvalue weighted by atomic mass is 10.2. The van der Waals surface area contributed by atoms with E-state index in [9.17, 15) is 13.6 Å². The molecule has 0 unspecified atom stereocenters. The Morgan fingerprint density at radius 3 is 2.70 bits per heavy atom. The predicted octanol–water partition coefficient (Wildman–Crippen LogP) is 0.625. The third-order valence-corrected chi connectivity index (χ3v) is 3.41. The molecule has 2 heterocycles. The molecule has 0 saturated carbocycles. The molecule has 1 aromatic rings. The molecule has 2 aliphatic heterocycles. The Kier molecular flexibility index (Phi) is 3.21. The molecule has 2 N–H and O–H groups in total. The number of fused-ring (bicyclic) bond motifs is 1. The Morgan fingerprint density at radius 1 is 1.25 bits per heavy atom. The van der Waals surface area contributed by atoms with E-state index >= 15 is 0 Å². The van der Waals surface area contributed by atoms with Gasteiger partial charge in [-0.15, -0.1) is 8.78 Å². The third kappa shape index (κ3) is 2.82. The second-order valence-electron chi connectivity index (χ2n) is 5.01. The van der Waals surface area contributed by atoms with Gasteiger partial charge >= 0.3 is 6.29 Å². The minimum atomic E-state index is -3.63. The molecule has 108 valence electrons. The molecule has 1 fully saturated rings. The first kappa shape index (κ1) is 13.1. The number of nitrogens with one attached hydrogen (secondary N) is 2. The van der Waals surface area contributed by atoms with Gasteiger partial charge in [-0.3, -0.25) is 4.79 Å². The van der Waals surface area contributed by atoms with Crippen LogP contribution in [-0.4, -0.2) is 31.8 Å². The van der Waals surface area contributed by atoms with Crippen molar-refractivity contribution in [2.45, 2.75) is 19.1 Å². The quantitative estimate of drug-likeness (QED) is 0.856. The number of hydrogen-bond donors (Lipinski definition) is 2. The molecule has 0 bridgehead atoms. The highest BCUT2D eigenvalue weighted by Crippen LogP contribution is 2.42. The van der Waals surface area contributed by atoms with Crippen LogP contribution in [-0.2, 0) is 4.79 Å². The molecule has 0 aromatic heterocycles. The molecule has 5 nitrogen and oxygen atoms in total. The standard InChI is InChI=1S/C13H14F2N2O3/c14-13(15)19-10-4-3-9(7-11(10)20-13)16-12(18)8-17-5-1-2-6-17/h3-4,7H,1-2,5-6,8H2,(H,16,18)/p+1. The van der Waals surface area contributed by atoms with Gasteiger partial charge in [0.2, 0.25) is 0 Å². The average Bonchev–Trinajstić information content (AvgIpc) is 2.94. The predicted molar refractivity (Wildman–Crippen MR) is 66.1 cm³/mol. The van der Waals surface area contributed by atoms with Gasteiger partial charge in [-0.2, -0.15) is 0 Å². The number of carbonyl (C=O) groups excluding carboxylic acids is 1. The smallest absolute Gasteiger partial charge is 0.395 e. The molecule has 20 heavy (non-hydrogen) atoms. The molecule has 0 atom stereocenters. The number of benzene rings is 1. The van der Waals surface area contributed by atoms with Gasteiger partial charge in [-0.1, -0.05) is 0 Å². The highest BCUT2D eigenvalue weighted by molar-refractivity contribution is 5.91. The number of alkyl halides is 2. The summed E-state index contributed by atoms with van der Waals surface area (Å²) in [6.45, 7) is 2.40. The van der Waals surface area contributed by atoms with E-state index in [1.54, 1.807) is 0 Å². The molecule has 0 spiro atoms. The molecular formula is C13H15F2N2O3+. The van der Waals surface area contributed by atoms with Crippen molar-refractivity contribution >= 4 is 11.6 Å². The minimum absolute atomic E-state index is 0.0295. The van der Waals surface area contributed by atoms with Gasteiger partial charge in [0.1, 0.15) is 0 Å². The van der Waals surface area contributed by atoms with Crippen molar-refractivity contribution in [3.63, 3.8) is 0 Å². The van der Waals surface area contributed by atoms with Crippen LogP contribution in [0.4, 0.5) is 14.5 Å². The van der Waals surface area contributed by atoms with Gasteiger partial charge in [-0.05, 0) is 12.1 Å². The number of halogens is 2. The van der Waals surface area contributed by atoms with E-state index in [1.165, 1.54) is 23.1 Å². The van der Waals surface area contributed by atoms with Crippen molar-refractivity contribution in [3.05, 3.63) is 18.2 Å². The summed E-state index contributed by atoms with van der Waals surface area (Å²) in [5.41, 5.74) is 0.425. The van der Waals surface area contributed by atoms with Crippen molar-refractivity contribution in [1.82, 2.24) is 0 Å². The van der Waals surface area contributed by atoms with Crippen LogP contribution in [0, 0.1) is 0 Å². The summed E-state index contributed by atoms with van der Waals surface area (Å²) in [6.07, 6.45) is -1.35. The van der Waals surface area contributed by atoms with Crippen molar-refractivity contribution in [1.29, 1.82) is 0 Å². The molecule has 1 saturated heterocycles. The van der Waals surface area contributed by atoms with E-state index in [0.717, 1.165) is 25.9 Å². The van der Waals surface area contributed by atoms with E-state index in [-0.39, 0.29) is 17.4 Å². The normalized spacial score (nSPS) is 20.1. The van der Waals surface area contributed by atoms with Gasteiger partial charge in [0.25, 0.3) is 5.91 Å². The second kappa shape index (κ2) is 4.90. The highest BCUT2D eigenvalue weighted by atomic mass is 19.3. The molecule has 0 radical (unpaired) electrons. The van der Waals surface area contributed by atoms with Crippen LogP contribution in [0.25, 0.3) is 0 Å². The second-order valence-corrected chi connectivity index (χ2v) is 5.01. The number of carbonyl (C=O) groups is 1. The summed E-state index contributed by atoms with van der Waals surface area (Å²) in [5.74, 6) is -0.230. The van der Waals surface area contributed by atoms with Crippen LogP contribution in [0.2, 0.25) is 0 Å². The van der Waals surface area contributed by atoms with Gasteiger partial charge in [0, 0.05) is 24.6 Å². The van der Waals surface area contributed by atoms with E-state index < -0.39 is 6.29 Å². The Bertz CT molecular complexity index is 530. The summed E-state index contributed by atoms with van der Waals surface area (Å²) >= 11 is 0. The number of quaternary nitrogens is 1. The summed E-state index contributed by atoms with van der Waals surface area (Å²) < 4.78 is 34.4. The van der Waals surface area contributed by atoms with Crippen LogP contribution >= 0.6 is 0 Å². The van der Waals surface area contributed by atoms with Crippen LogP contribution in [0.15, 0.2) is 18.2 Å². The molecular weight excluding hydrogens is 270 g/mol. The van der Waals surface area contributed by atoms with E-state index in [1.807, 2.05) is 0 Å². The topological polar surface area (TPSA) is 52.0 Å². The number of likely N-dealkylation sites (tertiary alicyclic amines) is 1. The van der Waals surface area contributed by atoms with E-state index in [2.05, 4.69) is 14.8 Å². The lowest BCUT2D eigenvalue weighted by molar-refractivity contribution is -0.878. The van der Waals surface area contributed by atoms with Crippen molar-refractivity contribution in [3.8, 4) is 11.5 Å². The van der Waals surface area contributed by atoms with Gasteiger partial charge in [0.05, 0.1) is 13.1 Å². The Labute approximate surface area is 114 Å². The molecule has 2 aliphatic rings. The number of rotatable bonds is 3. The maximum absolute atomic E-state index is 12.9. The zero-order valence-electron chi connectivity index (χ0n) is 10.7. The lowest BCUT2D eigenvalue weighted by Gasteiger charge is -2.11. The van der Waals surface area contributed by atoms with Crippen LogP contribution < -0.4 is 19.7 Å². The summed E-state index contributed by atoms with van der Waals surface area (Å²) in [4.78, 5) is 13.1. The fraction of sp³-hybridized carbons (Fsp3) is 0.462. The highest BCUT2D eigenvalue weighted by Gasteiger charge is 2.43. The SMILES string of the molecule is O=C(C[NH+]1CCCC1)Nc1ccc2c(c1)OC(F)(F)O2. The number of hydrogen-bond acceptors (Lipinski definition) is 3. The van der Waals surface area contributed by atoms with Crippen LogP contribution in [0.3, 0.4) is 0 Å². The maximum atomic E-state index is 12.9. The fourth-order valence-electron chi connectivity index (χ4n) is 2.51. The average molecular weight is 285 g/mol. The van der Waals surface area contributed by atoms with E-state index in [4.69, 9.17) is 0 Å². The van der Waals surface area contributed by atoms with Crippen molar-refractivity contribution in [2.75, 3.05) is 25.0 Å². The van der Waals surface area contributed by atoms with Crippen molar-refractivity contribution < 1.29 is 27.9 Å². The van der Waals surface area contributed by atoms with Gasteiger partial charge in [0.15, 0.2) is 18.0 Å². The van der Waals surface area contributed by atoms with Crippen molar-refractivity contribution in [2.24, 2.45) is 0 Å². The summed E-state index contributed by atoms with van der Waals surface area (Å²) in [5, 5.41) is 2.69. The Morgan fingerprint density at radius 2 is 1.95 bits per heavy atom. The molecule has 7 heteroatoms. The van der Waals surface area contributed by atoms with E-state index in [0.29, 0.717) is 12.2 Å². The lowest BCUT2D eigenvalue weighted by Crippen LogP contribution is -3.11. The summed E-state index contributed by atoms with van der Waals surface area (Å²) in [6, 6.07) is 4.21. The Balaban J connectivity index is 1.62. The van der Waals surface area contributed by atoms with Crippen LogP contribution in [0.5, 0.6) is 11.5 Å². The summed E-state index contributed by atoms with van der Waals surface area (Å²) in [7, 11) is 0. The molecule has 1 amide bonds. The minimum Gasteiger partial charge on any atom is -0.395 e. The first-order valence-electron chi connectivity index (χ1n) is 6.55. The fourth-order valence-corrected chi connectivity index (χ4v) is 2.51. The molecule has 1 aromatic carbocycles. The monoisotopic (exact) mass is 285 g/mol. The first-order valence-corrected chi connectivity index (χ1v) is 6.55. The molecule has 3 rings (SSSR count). The zero-order valence-corrected chi connectivity index (χ0v) is 10.7. The molecule has 0 aliphatic carbocycles. The van der Waals surface area contributed by atoms with Gasteiger partial charge < -0.3 is 19.7 Å². The van der Waals surface area contributed by atoms with Gasteiger partial charge in [-0.25, -0.2) is 0 Å². The largest absolute Gasteiger partial charge is 0.586 e. The third-order valence-electron chi connectivity index (χ3n) is 3.41. The number of ether oxygens (including phenoxy) is 2. The number of amides is 1. The zero-order chi connectivity index (χ0) is 14.2. The number of anilines is 1. The maximum Gasteiger partial charge on any atom is 0.586 e. The van der Waals surface area contributed by atoms with Crippen LogP contribution in [0.1, 0.15) is 12.8 Å².